The molecule has 1 atom stereocenters. The van der Waals surface area contributed by atoms with Crippen LogP contribution in [0.5, 0.6) is 11.5 Å². The summed E-state index contributed by atoms with van der Waals surface area (Å²) in [5.41, 5.74) is 0. The molecule has 0 saturated heterocycles. The van der Waals surface area contributed by atoms with Crippen molar-refractivity contribution in [3.8, 4) is 11.5 Å². The van der Waals surface area contributed by atoms with Gasteiger partial charge >= 0.3 is 5.97 Å². The molecule has 1 aliphatic rings. The van der Waals surface area contributed by atoms with Crippen molar-refractivity contribution in [2.24, 2.45) is 0 Å². The van der Waals surface area contributed by atoms with E-state index < -0.39 is 12.1 Å². The zero-order valence-corrected chi connectivity index (χ0v) is 13.0. The van der Waals surface area contributed by atoms with Gasteiger partial charge in [0.1, 0.15) is 6.61 Å². The predicted molar refractivity (Wildman–Crippen MR) is 83.5 cm³/mol. The van der Waals surface area contributed by atoms with Crippen molar-refractivity contribution in [1.82, 2.24) is 5.32 Å². The number of hydrogen-bond donors (Lipinski definition) is 1. The first-order chi connectivity index (χ1) is 11.2. The third-order valence-corrected chi connectivity index (χ3v) is 4.03. The van der Waals surface area contributed by atoms with E-state index >= 15 is 0 Å². The van der Waals surface area contributed by atoms with Gasteiger partial charge in [0.25, 0.3) is 5.91 Å². The lowest BCUT2D eigenvalue weighted by atomic mass is 10.2. The molecule has 1 aromatic carbocycles. The van der Waals surface area contributed by atoms with Gasteiger partial charge < -0.3 is 19.5 Å². The van der Waals surface area contributed by atoms with Crippen molar-refractivity contribution >= 4 is 23.2 Å². The number of fused-ring (bicyclic) bond motifs is 1. The fourth-order valence-corrected chi connectivity index (χ4v) is 2.66. The zero-order chi connectivity index (χ0) is 16.1. The fraction of sp³-hybridized carbons (Fsp3) is 0.250. The van der Waals surface area contributed by atoms with E-state index in [0.717, 1.165) is 4.88 Å². The molecule has 3 rings (SSSR count). The quantitative estimate of drug-likeness (QED) is 0.844. The van der Waals surface area contributed by atoms with Crippen LogP contribution in [0, 0.1) is 0 Å². The molecule has 6 nitrogen and oxygen atoms in total. The van der Waals surface area contributed by atoms with Crippen molar-refractivity contribution in [1.29, 1.82) is 0 Å². The van der Waals surface area contributed by atoms with Crippen LogP contribution in [0.4, 0.5) is 0 Å². The van der Waals surface area contributed by atoms with Crippen molar-refractivity contribution in [2.75, 3.05) is 13.2 Å². The SMILES string of the molecule is O=C(COC(=O)C1COc2ccccc2O1)NCc1cccs1. The average Bonchev–Trinajstić information content (AvgIpc) is 3.11. The minimum Gasteiger partial charge on any atom is -0.485 e. The Morgan fingerprint density at radius 2 is 2.04 bits per heavy atom. The molecule has 0 bridgehead atoms. The lowest BCUT2D eigenvalue weighted by Gasteiger charge is -2.24. The van der Waals surface area contributed by atoms with Gasteiger partial charge in [-0.1, -0.05) is 18.2 Å². The highest BCUT2D eigenvalue weighted by atomic mass is 32.1. The maximum absolute atomic E-state index is 11.9. The number of para-hydroxylation sites is 2. The van der Waals surface area contributed by atoms with Gasteiger partial charge in [0.2, 0.25) is 6.10 Å². The number of thiophene rings is 1. The van der Waals surface area contributed by atoms with E-state index in [1.54, 1.807) is 29.5 Å². The van der Waals surface area contributed by atoms with Crippen LogP contribution in [0.15, 0.2) is 41.8 Å². The number of rotatable bonds is 5. The van der Waals surface area contributed by atoms with Gasteiger partial charge in [-0.3, -0.25) is 4.79 Å². The second kappa shape index (κ2) is 7.15. The molecular weight excluding hydrogens is 318 g/mol. The van der Waals surface area contributed by atoms with E-state index in [1.807, 2.05) is 23.6 Å². The summed E-state index contributed by atoms with van der Waals surface area (Å²) in [6, 6.07) is 10.9. The molecule has 0 radical (unpaired) electrons. The molecule has 0 saturated carbocycles. The third kappa shape index (κ3) is 4.01. The monoisotopic (exact) mass is 333 g/mol. The number of carbonyl (C=O) groups is 2. The Balaban J connectivity index is 1.44. The topological polar surface area (TPSA) is 73.9 Å². The summed E-state index contributed by atoms with van der Waals surface area (Å²) in [6.07, 6.45) is -0.866. The predicted octanol–water partition coefficient (Wildman–Crippen LogP) is 1.75. The number of benzene rings is 1. The standard InChI is InChI=1S/C16H15NO5S/c18-15(17-8-11-4-3-7-23-11)10-21-16(19)14-9-20-12-5-1-2-6-13(12)22-14/h1-7,14H,8-10H2,(H,17,18). The number of hydrogen-bond acceptors (Lipinski definition) is 6. The van der Waals surface area contributed by atoms with Gasteiger partial charge in [-0.25, -0.2) is 4.79 Å². The molecular formula is C16H15NO5S. The fourth-order valence-electron chi connectivity index (χ4n) is 2.02. The lowest BCUT2D eigenvalue weighted by molar-refractivity contribution is -0.157. The van der Waals surface area contributed by atoms with Crippen molar-refractivity contribution in [3.05, 3.63) is 46.7 Å². The second-order valence-corrected chi connectivity index (χ2v) is 5.86. The molecule has 1 aromatic heterocycles. The van der Waals surface area contributed by atoms with E-state index in [0.29, 0.717) is 18.0 Å². The van der Waals surface area contributed by atoms with E-state index in [4.69, 9.17) is 14.2 Å². The summed E-state index contributed by atoms with van der Waals surface area (Å²) < 4.78 is 15.9. The number of ether oxygens (including phenoxy) is 3. The first-order valence-corrected chi connectivity index (χ1v) is 7.94. The van der Waals surface area contributed by atoms with E-state index in [1.165, 1.54) is 0 Å². The van der Waals surface area contributed by atoms with Crippen molar-refractivity contribution in [2.45, 2.75) is 12.6 Å². The third-order valence-electron chi connectivity index (χ3n) is 3.16. The first-order valence-electron chi connectivity index (χ1n) is 7.06. The second-order valence-electron chi connectivity index (χ2n) is 4.83. The highest BCUT2D eigenvalue weighted by molar-refractivity contribution is 7.09. The maximum atomic E-state index is 11.9. The van der Waals surface area contributed by atoms with Crippen LogP contribution >= 0.6 is 11.3 Å². The van der Waals surface area contributed by atoms with Crippen molar-refractivity contribution < 1.29 is 23.8 Å². The Labute approximate surface area is 137 Å². The van der Waals surface area contributed by atoms with E-state index in [-0.39, 0.29) is 19.1 Å². The van der Waals surface area contributed by atoms with Crippen LogP contribution in [0.3, 0.4) is 0 Å². The number of nitrogens with one attached hydrogen (secondary N) is 1. The van der Waals surface area contributed by atoms with Gasteiger partial charge in [-0.15, -0.1) is 11.3 Å². The Morgan fingerprint density at radius 3 is 2.83 bits per heavy atom. The van der Waals surface area contributed by atoms with Gasteiger partial charge in [0, 0.05) is 4.88 Å². The van der Waals surface area contributed by atoms with Gasteiger partial charge in [0.15, 0.2) is 18.1 Å². The Bertz CT molecular complexity index is 686. The summed E-state index contributed by atoms with van der Waals surface area (Å²) in [5, 5.41) is 4.61. The molecule has 23 heavy (non-hydrogen) atoms. The molecule has 1 aliphatic heterocycles. The largest absolute Gasteiger partial charge is 0.485 e. The average molecular weight is 333 g/mol. The molecule has 0 aliphatic carbocycles. The minimum absolute atomic E-state index is 0.0622. The molecule has 2 aromatic rings. The van der Waals surface area contributed by atoms with Gasteiger partial charge in [0.05, 0.1) is 6.54 Å². The Hall–Kier alpha value is -2.54. The number of carbonyl (C=O) groups excluding carboxylic acids is 2. The van der Waals surface area contributed by atoms with Crippen LogP contribution in [0.2, 0.25) is 0 Å². The Morgan fingerprint density at radius 1 is 1.22 bits per heavy atom. The number of esters is 1. The molecule has 7 heteroatoms. The lowest BCUT2D eigenvalue weighted by Crippen LogP contribution is -2.39. The summed E-state index contributed by atoms with van der Waals surface area (Å²) >= 11 is 1.55. The van der Waals surface area contributed by atoms with E-state index in [2.05, 4.69) is 5.32 Å². The molecule has 1 amide bonds. The summed E-state index contributed by atoms with van der Waals surface area (Å²) in [7, 11) is 0. The normalized spacial score (nSPS) is 15.7. The summed E-state index contributed by atoms with van der Waals surface area (Å²) in [6.45, 7) is 0.142. The molecule has 0 spiro atoms. The van der Waals surface area contributed by atoms with Crippen molar-refractivity contribution in [3.63, 3.8) is 0 Å². The highest BCUT2D eigenvalue weighted by Gasteiger charge is 2.29. The molecule has 2 heterocycles. The van der Waals surface area contributed by atoms with E-state index in [9.17, 15) is 9.59 Å². The minimum atomic E-state index is -0.866. The van der Waals surface area contributed by atoms with Crippen LogP contribution in [-0.4, -0.2) is 31.2 Å². The molecule has 0 fully saturated rings. The molecule has 1 N–H and O–H groups in total. The highest BCUT2D eigenvalue weighted by Crippen LogP contribution is 2.31. The number of amides is 1. The Kier molecular flexibility index (Phi) is 4.77. The first kappa shape index (κ1) is 15.4. The zero-order valence-electron chi connectivity index (χ0n) is 12.2. The van der Waals surface area contributed by atoms with Crippen LogP contribution in [-0.2, 0) is 20.9 Å². The summed E-state index contributed by atoms with van der Waals surface area (Å²) in [4.78, 5) is 24.6. The maximum Gasteiger partial charge on any atom is 0.351 e. The molecule has 120 valence electrons. The molecule has 1 unspecified atom stereocenters. The van der Waals surface area contributed by atoms with Gasteiger partial charge in [-0.05, 0) is 23.6 Å². The van der Waals surface area contributed by atoms with Crippen LogP contribution in [0.25, 0.3) is 0 Å². The smallest absolute Gasteiger partial charge is 0.351 e. The van der Waals surface area contributed by atoms with Crippen LogP contribution in [0.1, 0.15) is 4.88 Å². The van der Waals surface area contributed by atoms with Gasteiger partial charge in [-0.2, -0.15) is 0 Å². The van der Waals surface area contributed by atoms with Crippen LogP contribution < -0.4 is 14.8 Å². The summed E-state index contributed by atoms with van der Waals surface area (Å²) in [5.74, 6) is 0.0998.